The number of hydrogen-bond acceptors (Lipinski definition) is 3. The van der Waals surface area contributed by atoms with Gasteiger partial charge >= 0.3 is 11.8 Å². The van der Waals surface area contributed by atoms with Crippen molar-refractivity contribution >= 4 is 40.5 Å². The van der Waals surface area contributed by atoms with E-state index in [0.29, 0.717) is 22.1 Å². The Morgan fingerprint density at radius 3 is 2.25 bits per heavy atom. The Morgan fingerprint density at radius 2 is 1.62 bits per heavy atom. The number of anilines is 3. The van der Waals surface area contributed by atoms with E-state index in [9.17, 15) is 9.59 Å². The fourth-order valence-electron chi connectivity index (χ4n) is 2.22. The lowest BCUT2D eigenvalue weighted by molar-refractivity contribution is -0.133. The molecule has 0 heterocycles. The lowest BCUT2D eigenvalue weighted by atomic mass is 9.86. The molecule has 2 amide bonds. The van der Waals surface area contributed by atoms with Gasteiger partial charge in [0.15, 0.2) is 0 Å². The van der Waals surface area contributed by atoms with Gasteiger partial charge in [0.1, 0.15) is 0 Å². The molecular weight excluding hydrogens is 326 g/mol. The first kappa shape index (κ1) is 17.8. The van der Waals surface area contributed by atoms with Crippen molar-refractivity contribution in [3.63, 3.8) is 0 Å². The van der Waals surface area contributed by atoms with Crippen LogP contribution in [0.5, 0.6) is 0 Å². The van der Waals surface area contributed by atoms with Gasteiger partial charge in [-0.1, -0.05) is 50.6 Å². The minimum Gasteiger partial charge on any atom is -0.398 e. The predicted octanol–water partition coefficient (Wildman–Crippen LogP) is 3.80. The number of nitrogens with two attached hydrogens (primary N) is 1. The lowest BCUT2D eigenvalue weighted by Crippen LogP contribution is -2.30. The number of carbonyl (C=O) groups excluding carboxylic acids is 2. The topological polar surface area (TPSA) is 84.2 Å². The molecule has 0 aliphatic rings. The van der Waals surface area contributed by atoms with Crippen LogP contribution in [0.25, 0.3) is 0 Å². The summed E-state index contributed by atoms with van der Waals surface area (Å²) in [6, 6.07) is 12.0. The molecule has 2 aromatic carbocycles. The first-order valence-corrected chi connectivity index (χ1v) is 7.83. The van der Waals surface area contributed by atoms with Gasteiger partial charge in [-0.05, 0) is 35.2 Å². The fourth-order valence-corrected chi connectivity index (χ4v) is 2.40. The Balaban J connectivity index is 2.12. The van der Waals surface area contributed by atoms with Gasteiger partial charge in [-0.25, -0.2) is 0 Å². The molecule has 0 unspecified atom stereocenters. The number of rotatable bonds is 2. The number of benzene rings is 2. The van der Waals surface area contributed by atoms with E-state index in [-0.39, 0.29) is 5.41 Å². The van der Waals surface area contributed by atoms with E-state index >= 15 is 0 Å². The molecule has 2 aromatic rings. The fraction of sp³-hybridized carbons (Fsp3) is 0.222. The van der Waals surface area contributed by atoms with E-state index in [4.69, 9.17) is 17.3 Å². The quantitative estimate of drug-likeness (QED) is 0.571. The molecule has 0 aliphatic carbocycles. The van der Waals surface area contributed by atoms with Crippen molar-refractivity contribution in [3.05, 3.63) is 53.1 Å². The van der Waals surface area contributed by atoms with Crippen molar-refractivity contribution in [2.24, 2.45) is 0 Å². The van der Waals surface area contributed by atoms with Crippen molar-refractivity contribution in [3.8, 4) is 0 Å². The summed E-state index contributed by atoms with van der Waals surface area (Å²) in [6.45, 7) is 6.11. The number of carbonyl (C=O) groups is 2. The first-order chi connectivity index (χ1) is 11.2. The molecule has 4 N–H and O–H groups in total. The number of para-hydroxylation sites is 1. The van der Waals surface area contributed by atoms with Crippen molar-refractivity contribution in [1.82, 2.24) is 0 Å². The molecular formula is C18H20ClN3O2. The van der Waals surface area contributed by atoms with E-state index in [1.807, 2.05) is 39.0 Å². The van der Waals surface area contributed by atoms with Crippen LogP contribution in [0.1, 0.15) is 26.3 Å². The van der Waals surface area contributed by atoms with E-state index in [1.54, 1.807) is 18.2 Å². The summed E-state index contributed by atoms with van der Waals surface area (Å²) in [5, 5.41) is 5.46. The Morgan fingerprint density at radius 1 is 1.00 bits per heavy atom. The lowest BCUT2D eigenvalue weighted by Gasteiger charge is -2.22. The summed E-state index contributed by atoms with van der Waals surface area (Å²) in [5.41, 5.74) is 7.81. The summed E-state index contributed by atoms with van der Waals surface area (Å²) < 4.78 is 0. The predicted molar refractivity (Wildman–Crippen MR) is 98.3 cm³/mol. The van der Waals surface area contributed by atoms with Crippen LogP contribution in [-0.4, -0.2) is 11.8 Å². The molecule has 24 heavy (non-hydrogen) atoms. The zero-order valence-electron chi connectivity index (χ0n) is 13.8. The highest BCUT2D eigenvalue weighted by molar-refractivity contribution is 6.44. The van der Waals surface area contributed by atoms with Crippen LogP contribution in [0.2, 0.25) is 5.02 Å². The van der Waals surface area contributed by atoms with Gasteiger partial charge in [-0.2, -0.15) is 0 Å². The SMILES string of the molecule is CC(C)(C)c1ccccc1NC(=O)C(=O)Nc1ccc(N)c(Cl)c1. The van der Waals surface area contributed by atoms with Crippen molar-refractivity contribution in [1.29, 1.82) is 0 Å². The second kappa shape index (κ2) is 6.93. The van der Waals surface area contributed by atoms with Gasteiger partial charge in [0.05, 0.1) is 10.7 Å². The van der Waals surface area contributed by atoms with Gasteiger partial charge in [-0.15, -0.1) is 0 Å². The maximum absolute atomic E-state index is 12.2. The molecule has 0 radical (unpaired) electrons. The highest BCUT2D eigenvalue weighted by Gasteiger charge is 2.21. The molecule has 0 spiro atoms. The summed E-state index contributed by atoms with van der Waals surface area (Å²) in [6.07, 6.45) is 0. The standard InChI is InChI=1S/C18H20ClN3O2/c1-18(2,3)12-6-4-5-7-15(12)22-17(24)16(23)21-11-8-9-14(20)13(19)10-11/h4-10H,20H2,1-3H3,(H,21,23)(H,22,24). The third-order valence-electron chi connectivity index (χ3n) is 3.45. The maximum atomic E-state index is 12.2. The van der Waals surface area contributed by atoms with Crippen LogP contribution in [-0.2, 0) is 15.0 Å². The molecule has 2 rings (SSSR count). The van der Waals surface area contributed by atoms with Crippen LogP contribution in [0.3, 0.4) is 0 Å². The Kier molecular flexibility index (Phi) is 5.14. The average Bonchev–Trinajstić information content (AvgIpc) is 2.50. The summed E-state index contributed by atoms with van der Waals surface area (Å²) in [7, 11) is 0. The zero-order valence-corrected chi connectivity index (χ0v) is 14.6. The van der Waals surface area contributed by atoms with Gasteiger partial charge in [-0.3, -0.25) is 9.59 Å². The van der Waals surface area contributed by atoms with Crippen molar-refractivity contribution < 1.29 is 9.59 Å². The number of amides is 2. The maximum Gasteiger partial charge on any atom is 0.314 e. The van der Waals surface area contributed by atoms with Crippen LogP contribution < -0.4 is 16.4 Å². The molecule has 0 bridgehead atoms. The normalized spacial score (nSPS) is 11.0. The number of hydrogen-bond donors (Lipinski definition) is 3. The van der Waals surface area contributed by atoms with E-state index < -0.39 is 11.8 Å². The molecule has 5 nitrogen and oxygen atoms in total. The second-order valence-electron chi connectivity index (χ2n) is 6.44. The highest BCUT2D eigenvalue weighted by Crippen LogP contribution is 2.29. The first-order valence-electron chi connectivity index (χ1n) is 7.45. The van der Waals surface area contributed by atoms with E-state index in [2.05, 4.69) is 10.6 Å². The summed E-state index contributed by atoms with van der Waals surface area (Å²) >= 11 is 5.90. The van der Waals surface area contributed by atoms with Crippen LogP contribution in [0.15, 0.2) is 42.5 Å². The third-order valence-corrected chi connectivity index (χ3v) is 3.78. The number of nitrogens with one attached hydrogen (secondary N) is 2. The average molecular weight is 346 g/mol. The Bertz CT molecular complexity index is 782. The van der Waals surface area contributed by atoms with Crippen LogP contribution in [0.4, 0.5) is 17.1 Å². The number of nitrogen functional groups attached to an aromatic ring is 1. The second-order valence-corrected chi connectivity index (χ2v) is 6.85. The van der Waals surface area contributed by atoms with E-state index in [0.717, 1.165) is 5.56 Å². The van der Waals surface area contributed by atoms with Gasteiger partial charge in [0.2, 0.25) is 0 Å². The molecule has 6 heteroatoms. The zero-order chi connectivity index (χ0) is 17.9. The molecule has 0 saturated heterocycles. The molecule has 0 aliphatic heterocycles. The largest absolute Gasteiger partial charge is 0.398 e. The minimum absolute atomic E-state index is 0.162. The monoisotopic (exact) mass is 345 g/mol. The summed E-state index contributed by atoms with van der Waals surface area (Å²) in [4.78, 5) is 24.2. The molecule has 126 valence electrons. The third kappa shape index (κ3) is 4.26. The van der Waals surface area contributed by atoms with Crippen LogP contribution >= 0.6 is 11.6 Å². The smallest absolute Gasteiger partial charge is 0.314 e. The Hall–Kier alpha value is -2.53. The molecule has 0 saturated carbocycles. The molecule has 0 atom stereocenters. The van der Waals surface area contributed by atoms with Crippen LogP contribution in [0, 0.1) is 0 Å². The molecule has 0 fully saturated rings. The van der Waals surface area contributed by atoms with E-state index in [1.165, 1.54) is 6.07 Å². The summed E-state index contributed by atoms with van der Waals surface area (Å²) in [5.74, 6) is -1.53. The van der Waals surface area contributed by atoms with Gasteiger partial charge < -0.3 is 16.4 Å². The minimum atomic E-state index is -0.778. The van der Waals surface area contributed by atoms with Gasteiger partial charge in [0.25, 0.3) is 0 Å². The number of halogens is 1. The molecule has 0 aromatic heterocycles. The Labute approximate surface area is 146 Å². The van der Waals surface area contributed by atoms with Crippen molar-refractivity contribution in [2.45, 2.75) is 26.2 Å². The van der Waals surface area contributed by atoms with Crippen molar-refractivity contribution in [2.75, 3.05) is 16.4 Å². The highest BCUT2D eigenvalue weighted by atomic mass is 35.5. The van der Waals surface area contributed by atoms with Gasteiger partial charge in [0, 0.05) is 11.4 Å².